The fourth-order valence-corrected chi connectivity index (χ4v) is 3.53. The van der Waals surface area contributed by atoms with Crippen LogP contribution in [0.5, 0.6) is 11.6 Å². The van der Waals surface area contributed by atoms with Crippen molar-refractivity contribution in [1.29, 1.82) is 0 Å². The van der Waals surface area contributed by atoms with Crippen molar-refractivity contribution in [2.24, 2.45) is 10.8 Å². The molecule has 39 heavy (non-hydrogen) atoms. The first kappa shape index (κ1) is 30.9. The second-order valence-corrected chi connectivity index (χ2v) is 7.66. The van der Waals surface area contributed by atoms with E-state index in [-0.39, 0.29) is 18.5 Å². The molecule has 1 aliphatic rings. The van der Waals surface area contributed by atoms with Crippen molar-refractivity contribution in [3.63, 3.8) is 0 Å². The molecule has 0 fully saturated rings. The van der Waals surface area contributed by atoms with E-state index < -0.39 is 0 Å². The summed E-state index contributed by atoms with van der Waals surface area (Å²) in [6.45, 7) is 8.94. The third-order valence-electron chi connectivity index (χ3n) is 5.49. The number of amidine groups is 1. The molecule has 3 aromatic rings. The Kier molecular flexibility index (Phi) is 12.6. The fourth-order valence-electron chi connectivity index (χ4n) is 3.53. The number of pyridine rings is 1. The molecule has 0 saturated heterocycles. The van der Waals surface area contributed by atoms with Crippen LogP contribution in [0.4, 0.5) is 5.69 Å². The van der Waals surface area contributed by atoms with E-state index in [9.17, 15) is 9.59 Å². The van der Waals surface area contributed by atoms with Crippen molar-refractivity contribution in [1.82, 2.24) is 9.88 Å². The van der Waals surface area contributed by atoms with Crippen LogP contribution in [-0.2, 0) is 4.74 Å². The maximum Gasteiger partial charge on any atom is 0.261 e. The Bertz CT molecular complexity index is 1190. The molecular formula is C29H37N5O5. The monoisotopic (exact) mass is 535 g/mol. The first-order chi connectivity index (χ1) is 18.9. The van der Waals surface area contributed by atoms with Crippen LogP contribution in [0.1, 0.15) is 54.0 Å². The van der Waals surface area contributed by atoms with Gasteiger partial charge >= 0.3 is 0 Å². The summed E-state index contributed by atoms with van der Waals surface area (Å²) in [6.07, 6.45) is 1.62. The predicted octanol–water partition coefficient (Wildman–Crippen LogP) is 4.55. The Balaban J connectivity index is 0.000000298. The zero-order chi connectivity index (χ0) is 28.8. The topological polar surface area (TPSA) is 120 Å². The van der Waals surface area contributed by atoms with Gasteiger partial charge in [-0.25, -0.2) is 15.8 Å². The van der Waals surface area contributed by atoms with Crippen molar-refractivity contribution >= 4 is 23.3 Å². The Morgan fingerprint density at radius 2 is 1.54 bits per heavy atom. The SMILES string of the molecule is CC.CCN1C(=O)c2ccccc2C1=O.CCOC/N=C(/c1ccc(OC)cc1)N(N)c1ccc(OC)nc1. The predicted molar refractivity (Wildman–Crippen MR) is 152 cm³/mol. The number of methoxy groups -OCH3 is 2. The summed E-state index contributed by atoms with van der Waals surface area (Å²) in [6, 6.07) is 17.9. The number of hydrazine groups is 1. The molecular weight excluding hydrogens is 498 g/mol. The number of rotatable bonds is 8. The largest absolute Gasteiger partial charge is 0.497 e. The average Bonchev–Trinajstić information content (AvgIpc) is 3.25. The molecule has 2 aromatic carbocycles. The molecule has 2 N–H and O–H groups in total. The van der Waals surface area contributed by atoms with Crippen molar-refractivity contribution < 1.29 is 23.8 Å². The zero-order valence-electron chi connectivity index (χ0n) is 23.4. The van der Waals surface area contributed by atoms with Crippen molar-refractivity contribution in [2.45, 2.75) is 27.7 Å². The summed E-state index contributed by atoms with van der Waals surface area (Å²) in [5, 5.41) is 1.47. The fraction of sp³-hybridized carbons (Fsp3) is 0.310. The van der Waals surface area contributed by atoms with Gasteiger partial charge in [0.15, 0.2) is 5.84 Å². The summed E-state index contributed by atoms with van der Waals surface area (Å²) in [7, 11) is 3.19. The number of amides is 2. The Labute approximate surface area is 230 Å². The van der Waals surface area contributed by atoms with Gasteiger partial charge in [-0.1, -0.05) is 26.0 Å². The second kappa shape index (κ2) is 15.9. The Morgan fingerprint density at radius 1 is 0.923 bits per heavy atom. The summed E-state index contributed by atoms with van der Waals surface area (Å²) < 4.78 is 15.6. The number of carbonyl (C=O) groups is 2. The first-order valence-corrected chi connectivity index (χ1v) is 12.7. The van der Waals surface area contributed by atoms with Gasteiger partial charge in [-0.05, 0) is 56.3 Å². The van der Waals surface area contributed by atoms with Gasteiger partial charge in [0.1, 0.15) is 12.5 Å². The van der Waals surface area contributed by atoms with Crippen LogP contribution >= 0.6 is 0 Å². The molecule has 10 nitrogen and oxygen atoms in total. The summed E-state index contributed by atoms with van der Waals surface area (Å²) in [5.74, 6) is 7.74. The van der Waals surface area contributed by atoms with Gasteiger partial charge in [-0.15, -0.1) is 0 Å². The molecule has 0 bridgehead atoms. The number of nitrogens with two attached hydrogens (primary N) is 1. The van der Waals surface area contributed by atoms with Gasteiger partial charge in [-0.2, -0.15) is 0 Å². The molecule has 0 unspecified atom stereocenters. The maximum atomic E-state index is 11.5. The third kappa shape index (κ3) is 7.86. The van der Waals surface area contributed by atoms with Gasteiger partial charge in [-0.3, -0.25) is 19.5 Å². The lowest BCUT2D eigenvalue weighted by atomic mass is 10.1. The lowest BCUT2D eigenvalue weighted by Crippen LogP contribution is -2.38. The van der Waals surface area contributed by atoms with E-state index >= 15 is 0 Å². The quantitative estimate of drug-likeness (QED) is 0.111. The second-order valence-electron chi connectivity index (χ2n) is 7.66. The highest BCUT2D eigenvalue weighted by Crippen LogP contribution is 2.22. The molecule has 2 amide bonds. The van der Waals surface area contributed by atoms with E-state index in [0.29, 0.717) is 41.7 Å². The molecule has 0 radical (unpaired) electrons. The van der Waals surface area contributed by atoms with Crippen LogP contribution in [0, 0.1) is 0 Å². The lowest BCUT2D eigenvalue weighted by Gasteiger charge is -2.21. The van der Waals surface area contributed by atoms with E-state index in [0.717, 1.165) is 11.3 Å². The number of imide groups is 1. The molecule has 0 atom stereocenters. The van der Waals surface area contributed by atoms with Gasteiger partial charge < -0.3 is 14.2 Å². The molecule has 0 saturated carbocycles. The number of aromatic nitrogens is 1. The number of carbonyl (C=O) groups excluding carboxylic acids is 2. The molecule has 2 heterocycles. The van der Waals surface area contributed by atoms with Crippen LogP contribution < -0.4 is 20.3 Å². The number of fused-ring (bicyclic) bond motifs is 1. The standard InChI is InChI=1S/C17H22N4O3.C10H9NO2.C2H6/c1-4-24-12-20-17(13-5-8-15(22-2)9-6-13)21(18)14-7-10-16(23-3)19-11-14;1-2-11-9(12)7-5-3-4-6-8(7)10(11)13;1-2/h5-11H,4,12,18H2,1-3H3;3-6H,2H2,1H3;1-2H3/b20-17-;;. The smallest absolute Gasteiger partial charge is 0.261 e. The van der Waals surface area contributed by atoms with E-state index in [2.05, 4.69) is 9.98 Å². The lowest BCUT2D eigenvalue weighted by molar-refractivity contribution is 0.0663. The molecule has 10 heteroatoms. The molecule has 4 rings (SSSR count). The van der Waals surface area contributed by atoms with Crippen molar-refractivity contribution in [3.8, 4) is 11.6 Å². The average molecular weight is 536 g/mol. The molecule has 1 aliphatic heterocycles. The molecule has 0 aliphatic carbocycles. The van der Waals surface area contributed by atoms with Gasteiger partial charge in [0, 0.05) is 24.8 Å². The van der Waals surface area contributed by atoms with Gasteiger partial charge in [0.05, 0.1) is 37.2 Å². The first-order valence-electron chi connectivity index (χ1n) is 12.7. The molecule has 208 valence electrons. The maximum absolute atomic E-state index is 11.5. The summed E-state index contributed by atoms with van der Waals surface area (Å²) >= 11 is 0. The number of aliphatic imine (C=N–C) groups is 1. The normalized spacial score (nSPS) is 12.1. The third-order valence-corrected chi connectivity index (χ3v) is 5.49. The van der Waals surface area contributed by atoms with Crippen LogP contribution in [0.25, 0.3) is 0 Å². The Morgan fingerprint density at radius 3 is 2.00 bits per heavy atom. The highest BCUT2D eigenvalue weighted by atomic mass is 16.5. The van der Waals surface area contributed by atoms with Crippen LogP contribution in [0.15, 0.2) is 71.9 Å². The summed E-state index contributed by atoms with van der Waals surface area (Å²) in [5.41, 5.74) is 2.57. The van der Waals surface area contributed by atoms with E-state index in [1.54, 1.807) is 57.7 Å². The van der Waals surface area contributed by atoms with Crippen LogP contribution in [0.2, 0.25) is 0 Å². The number of ether oxygens (including phenoxy) is 3. The number of anilines is 1. The highest BCUT2D eigenvalue weighted by molar-refractivity contribution is 6.21. The van der Waals surface area contributed by atoms with Gasteiger partial charge in [0.2, 0.25) is 5.88 Å². The summed E-state index contributed by atoms with van der Waals surface area (Å²) in [4.78, 5) is 33.0. The van der Waals surface area contributed by atoms with E-state index in [1.165, 1.54) is 9.91 Å². The minimum absolute atomic E-state index is 0.178. The minimum atomic E-state index is -0.178. The van der Waals surface area contributed by atoms with Crippen LogP contribution in [-0.4, -0.2) is 61.6 Å². The highest BCUT2D eigenvalue weighted by Gasteiger charge is 2.33. The number of hydrogen-bond acceptors (Lipinski definition) is 8. The molecule has 1 aromatic heterocycles. The zero-order valence-corrected chi connectivity index (χ0v) is 23.4. The minimum Gasteiger partial charge on any atom is -0.497 e. The van der Waals surface area contributed by atoms with Crippen molar-refractivity contribution in [3.05, 3.63) is 83.6 Å². The Hall–Kier alpha value is -4.28. The molecule has 0 spiro atoms. The van der Waals surface area contributed by atoms with E-state index in [4.69, 9.17) is 20.1 Å². The van der Waals surface area contributed by atoms with E-state index in [1.807, 2.05) is 51.1 Å². The number of benzene rings is 2. The van der Waals surface area contributed by atoms with Gasteiger partial charge in [0.25, 0.3) is 11.8 Å². The van der Waals surface area contributed by atoms with Crippen LogP contribution in [0.3, 0.4) is 0 Å². The van der Waals surface area contributed by atoms with Crippen molar-refractivity contribution in [2.75, 3.05) is 39.1 Å². The number of nitrogens with zero attached hydrogens (tertiary/aromatic N) is 4. The number of hydrogen-bond donors (Lipinski definition) is 1.